The normalized spacial score (nSPS) is 17.4. The van der Waals surface area contributed by atoms with Crippen molar-refractivity contribution in [1.82, 2.24) is 10.3 Å². The summed E-state index contributed by atoms with van der Waals surface area (Å²) in [5, 5.41) is 3.35. The van der Waals surface area contributed by atoms with Gasteiger partial charge >= 0.3 is 0 Å². The van der Waals surface area contributed by atoms with Gasteiger partial charge < -0.3 is 10.1 Å². The van der Waals surface area contributed by atoms with Crippen molar-refractivity contribution in [3.05, 3.63) is 41.9 Å². The molecule has 1 aliphatic heterocycles. The fraction of sp³-hybridized carbons (Fsp3) is 0.462. The van der Waals surface area contributed by atoms with Crippen LogP contribution in [0.1, 0.15) is 18.4 Å². The topological polar surface area (TPSA) is 34.2 Å². The summed E-state index contributed by atoms with van der Waals surface area (Å²) < 4.78 is 5.39. The number of aromatic nitrogens is 1. The molecular weight excluding hydrogens is 200 g/mol. The summed E-state index contributed by atoms with van der Waals surface area (Å²) in [4.78, 5) is 4.03. The van der Waals surface area contributed by atoms with Crippen LogP contribution >= 0.6 is 0 Å². The molecule has 1 aromatic heterocycles. The van der Waals surface area contributed by atoms with Gasteiger partial charge in [0.15, 0.2) is 0 Å². The van der Waals surface area contributed by atoms with E-state index in [9.17, 15) is 0 Å². The van der Waals surface area contributed by atoms with Crippen molar-refractivity contribution in [1.29, 1.82) is 0 Å². The molecule has 1 N–H and O–H groups in total. The van der Waals surface area contributed by atoms with Crippen LogP contribution in [0, 0.1) is 0 Å². The summed E-state index contributed by atoms with van der Waals surface area (Å²) in [6, 6.07) is 4.51. The average Bonchev–Trinajstić information content (AvgIpc) is 2.38. The average molecular weight is 218 g/mol. The molecule has 0 aromatic carbocycles. The number of rotatable bonds is 4. The third-order valence-electron chi connectivity index (χ3n) is 2.95. The van der Waals surface area contributed by atoms with E-state index in [1.807, 2.05) is 25.7 Å². The predicted octanol–water partition coefficient (Wildman–Crippen LogP) is 1.91. The zero-order valence-corrected chi connectivity index (χ0v) is 9.65. The fourth-order valence-electron chi connectivity index (χ4n) is 2.01. The first-order valence-electron chi connectivity index (χ1n) is 5.77. The molecule has 0 aliphatic carbocycles. The fourth-order valence-corrected chi connectivity index (χ4v) is 2.01. The smallest absolute Gasteiger partial charge is 0.0876 e. The SMILES string of the molecule is CNC(Cc1ccncc1)C1=COCCC1. The Balaban J connectivity index is 2.03. The lowest BCUT2D eigenvalue weighted by Gasteiger charge is -2.22. The third-order valence-corrected chi connectivity index (χ3v) is 2.95. The number of ether oxygens (including phenoxy) is 1. The second kappa shape index (κ2) is 5.66. The van der Waals surface area contributed by atoms with Crippen LogP contribution in [0.15, 0.2) is 36.4 Å². The van der Waals surface area contributed by atoms with Crippen LogP contribution in [0.25, 0.3) is 0 Å². The van der Waals surface area contributed by atoms with Gasteiger partial charge in [-0.2, -0.15) is 0 Å². The van der Waals surface area contributed by atoms with Gasteiger partial charge in [-0.1, -0.05) is 0 Å². The minimum atomic E-state index is 0.378. The number of likely N-dealkylation sites (N-methyl/N-ethyl adjacent to an activating group) is 1. The second-order valence-electron chi connectivity index (χ2n) is 4.07. The summed E-state index contributed by atoms with van der Waals surface area (Å²) in [6.45, 7) is 0.856. The van der Waals surface area contributed by atoms with Crippen molar-refractivity contribution in [2.24, 2.45) is 0 Å². The molecule has 3 nitrogen and oxygen atoms in total. The summed E-state index contributed by atoms with van der Waals surface area (Å²) in [6.07, 6.45) is 8.86. The molecule has 3 heteroatoms. The van der Waals surface area contributed by atoms with Crippen LogP contribution in [0.5, 0.6) is 0 Å². The maximum atomic E-state index is 5.39. The number of pyridine rings is 1. The zero-order valence-electron chi connectivity index (χ0n) is 9.65. The Labute approximate surface area is 96.5 Å². The predicted molar refractivity (Wildman–Crippen MR) is 64.1 cm³/mol. The van der Waals surface area contributed by atoms with E-state index in [4.69, 9.17) is 4.74 Å². The molecule has 0 saturated heterocycles. The summed E-state index contributed by atoms with van der Waals surface area (Å²) in [7, 11) is 2.00. The van der Waals surface area contributed by atoms with Crippen molar-refractivity contribution in [3.63, 3.8) is 0 Å². The van der Waals surface area contributed by atoms with Crippen molar-refractivity contribution in [2.75, 3.05) is 13.7 Å². The Kier molecular flexibility index (Phi) is 3.94. The highest BCUT2D eigenvalue weighted by Gasteiger charge is 2.15. The maximum Gasteiger partial charge on any atom is 0.0876 e. The minimum absolute atomic E-state index is 0.378. The summed E-state index contributed by atoms with van der Waals surface area (Å²) in [5.74, 6) is 0. The third kappa shape index (κ3) is 2.83. The van der Waals surface area contributed by atoms with Gasteiger partial charge in [0.25, 0.3) is 0 Å². The van der Waals surface area contributed by atoms with E-state index in [1.165, 1.54) is 11.1 Å². The van der Waals surface area contributed by atoms with Crippen molar-refractivity contribution >= 4 is 0 Å². The van der Waals surface area contributed by atoms with E-state index >= 15 is 0 Å². The molecule has 1 atom stereocenters. The zero-order chi connectivity index (χ0) is 11.2. The number of nitrogens with one attached hydrogen (secondary N) is 1. The quantitative estimate of drug-likeness (QED) is 0.838. The largest absolute Gasteiger partial charge is 0.501 e. The molecule has 1 aliphatic rings. The summed E-state index contributed by atoms with van der Waals surface area (Å²) >= 11 is 0. The van der Waals surface area contributed by atoms with E-state index in [2.05, 4.69) is 22.4 Å². The first-order chi connectivity index (χ1) is 7.90. The van der Waals surface area contributed by atoms with Crippen LogP contribution in [-0.2, 0) is 11.2 Å². The van der Waals surface area contributed by atoms with Crippen LogP contribution in [0.4, 0.5) is 0 Å². The molecule has 86 valence electrons. The van der Waals surface area contributed by atoms with Crippen molar-refractivity contribution in [3.8, 4) is 0 Å². The molecule has 1 aromatic rings. The van der Waals surface area contributed by atoms with Crippen LogP contribution < -0.4 is 5.32 Å². The molecule has 0 saturated carbocycles. The molecule has 0 spiro atoms. The van der Waals surface area contributed by atoms with Gasteiger partial charge in [-0.05, 0) is 49.6 Å². The van der Waals surface area contributed by atoms with Crippen molar-refractivity contribution < 1.29 is 4.74 Å². The standard InChI is InChI=1S/C13H18N2O/c1-14-13(12-3-2-8-16-10-12)9-11-4-6-15-7-5-11/h4-7,10,13-14H,2-3,8-9H2,1H3. The molecule has 0 bridgehead atoms. The first kappa shape index (κ1) is 11.1. The first-order valence-corrected chi connectivity index (χ1v) is 5.77. The van der Waals surface area contributed by atoms with Gasteiger partial charge in [0.2, 0.25) is 0 Å². The minimum Gasteiger partial charge on any atom is -0.501 e. The highest BCUT2D eigenvalue weighted by atomic mass is 16.5. The second-order valence-corrected chi connectivity index (χ2v) is 4.07. The lowest BCUT2D eigenvalue weighted by molar-refractivity contribution is 0.219. The maximum absolute atomic E-state index is 5.39. The lowest BCUT2D eigenvalue weighted by atomic mass is 9.96. The van der Waals surface area contributed by atoms with Gasteiger partial charge in [-0.15, -0.1) is 0 Å². The molecule has 2 heterocycles. The molecule has 0 fully saturated rings. The summed E-state index contributed by atoms with van der Waals surface area (Å²) in [5.41, 5.74) is 2.67. The van der Waals surface area contributed by atoms with Crippen LogP contribution in [0.2, 0.25) is 0 Å². The Bertz CT molecular complexity index is 348. The van der Waals surface area contributed by atoms with E-state index in [0.717, 1.165) is 25.9 Å². The van der Waals surface area contributed by atoms with E-state index < -0.39 is 0 Å². The highest BCUT2D eigenvalue weighted by molar-refractivity contribution is 5.18. The molecular formula is C13H18N2O. The van der Waals surface area contributed by atoms with Crippen LogP contribution in [-0.4, -0.2) is 24.7 Å². The Morgan fingerprint density at radius 2 is 2.25 bits per heavy atom. The van der Waals surface area contributed by atoms with Gasteiger partial charge in [-0.25, -0.2) is 0 Å². The number of nitrogens with zero attached hydrogens (tertiary/aromatic N) is 1. The highest BCUT2D eigenvalue weighted by Crippen LogP contribution is 2.18. The van der Waals surface area contributed by atoms with E-state index in [-0.39, 0.29) is 0 Å². The molecule has 1 unspecified atom stereocenters. The molecule has 16 heavy (non-hydrogen) atoms. The van der Waals surface area contributed by atoms with Crippen LogP contribution in [0.3, 0.4) is 0 Å². The van der Waals surface area contributed by atoms with Crippen molar-refractivity contribution in [2.45, 2.75) is 25.3 Å². The van der Waals surface area contributed by atoms with Gasteiger partial charge in [0, 0.05) is 18.4 Å². The van der Waals surface area contributed by atoms with E-state index in [0.29, 0.717) is 6.04 Å². The van der Waals surface area contributed by atoms with Gasteiger partial charge in [0.1, 0.15) is 0 Å². The lowest BCUT2D eigenvalue weighted by Crippen LogP contribution is -2.31. The van der Waals surface area contributed by atoms with Gasteiger partial charge in [-0.3, -0.25) is 4.98 Å². The van der Waals surface area contributed by atoms with E-state index in [1.54, 1.807) is 0 Å². The Hall–Kier alpha value is -1.35. The number of hydrogen-bond acceptors (Lipinski definition) is 3. The molecule has 2 rings (SSSR count). The van der Waals surface area contributed by atoms with Gasteiger partial charge in [0.05, 0.1) is 12.9 Å². The molecule has 0 amide bonds. The molecule has 0 radical (unpaired) electrons. The Morgan fingerprint density at radius 3 is 2.88 bits per heavy atom. The number of hydrogen-bond donors (Lipinski definition) is 1. The Morgan fingerprint density at radius 1 is 1.44 bits per heavy atom. The monoisotopic (exact) mass is 218 g/mol.